The summed E-state index contributed by atoms with van der Waals surface area (Å²) in [5.74, 6) is -0.0265. The highest BCUT2D eigenvalue weighted by Gasteiger charge is 2.33. The Morgan fingerprint density at radius 1 is 1.28 bits per heavy atom. The molecule has 0 aliphatic carbocycles. The van der Waals surface area contributed by atoms with Crippen LogP contribution in [0.5, 0.6) is 5.88 Å². The van der Waals surface area contributed by atoms with E-state index in [1.807, 2.05) is 4.90 Å². The molecule has 1 aliphatic rings. The van der Waals surface area contributed by atoms with Gasteiger partial charge in [0.25, 0.3) is 0 Å². The molecule has 4 rings (SSSR count). The van der Waals surface area contributed by atoms with E-state index >= 15 is 0 Å². The number of fused-ring (bicyclic) bond motifs is 1. The van der Waals surface area contributed by atoms with Crippen LogP contribution in [0.2, 0.25) is 5.02 Å². The molecule has 1 aliphatic heterocycles. The lowest BCUT2D eigenvalue weighted by Crippen LogP contribution is -2.49. The minimum absolute atomic E-state index is 0.0166. The topological polar surface area (TPSA) is 91.0 Å². The van der Waals surface area contributed by atoms with E-state index in [9.17, 15) is 17.9 Å². The molecule has 156 valence electrons. The van der Waals surface area contributed by atoms with Crippen LogP contribution >= 0.6 is 22.9 Å². The van der Waals surface area contributed by atoms with Crippen LogP contribution in [0.3, 0.4) is 0 Å². The van der Waals surface area contributed by atoms with Crippen molar-refractivity contribution in [3.63, 3.8) is 0 Å². The number of nitrogens with zero attached hydrogens (tertiary/aromatic N) is 5. The average Bonchev–Trinajstić information content (AvgIpc) is 3.16. The molecule has 1 aromatic carbocycles. The first-order valence-electron chi connectivity index (χ1n) is 8.84. The molecule has 2 aromatic heterocycles. The molecule has 0 bridgehead atoms. The van der Waals surface area contributed by atoms with Gasteiger partial charge in [0.2, 0.25) is 20.9 Å². The lowest BCUT2D eigenvalue weighted by atomic mass is 10.0. The first-order chi connectivity index (χ1) is 13.6. The van der Waals surface area contributed by atoms with Crippen molar-refractivity contribution in [3.8, 4) is 5.88 Å². The highest BCUT2D eigenvalue weighted by Crippen LogP contribution is 2.41. The number of sulfonamides is 1. The number of aromatic hydroxyl groups is 1. The molecule has 29 heavy (non-hydrogen) atoms. The highest BCUT2D eigenvalue weighted by atomic mass is 35.5. The van der Waals surface area contributed by atoms with E-state index in [0.29, 0.717) is 47.4 Å². The number of thiazole rings is 1. The van der Waals surface area contributed by atoms with E-state index in [-0.39, 0.29) is 10.9 Å². The number of benzene rings is 1. The summed E-state index contributed by atoms with van der Waals surface area (Å²) in [6.07, 6.45) is 1.19. The zero-order chi connectivity index (χ0) is 20.9. The maximum Gasteiger partial charge on any atom is 0.230 e. The molecule has 3 aromatic rings. The molecule has 1 N–H and O–H groups in total. The summed E-state index contributed by atoms with van der Waals surface area (Å²) < 4.78 is 40.2. The number of piperazine rings is 1. The first kappa shape index (κ1) is 20.5. The van der Waals surface area contributed by atoms with Crippen molar-refractivity contribution in [1.29, 1.82) is 0 Å². The normalized spacial score (nSPS) is 17.8. The Hall–Kier alpha value is -1.79. The molecule has 12 heteroatoms. The van der Waals surface area contributed by atoms with Crippen LogP contribution in [0.4, 0.5) is 4.39 Å². The lowest BCUT2D eigenvalue weighted by Gasteiger charge is -2.38. The van der Waals surface area contributed by atoms with Crippen molar-refractivity contribution in [3.05, 3.63) is 45.3 Å². The van der Waals surface area contributed by atoms with Crippen LogP contribution < -0.4 is 0 Å². The summed E-state index contributed by atoms with van der Waals surface area (Å²) in [6, 6.07) is 4.00. The third-order valence-corrected chi connectivity index (χ3v) is 7.59. The summed E-state index contributed by atoms with van der Waals surface area (Å²) in [5, 5.41) is 15.0. The second-order valence-electron chi connectivity index (χ2n) is 6.92. The summed E-state index contributed by atoms with van der Waals surface area (Å²) in [7, 11) is -3.28. The number of rotatable bonds is 4. The van der Waals surface area contributed by atoms with Crippen LogP contribution in [0, 0.1) is 12.7 Å². The molecule has 8 nitrogen and oxygen atoms in total. The Labute approximate surface area is 176 Å². The molecule has 3 heterocycles. The van der Waals surface area contributed by atoms with Crippen molar-refractivity contribution >= 4 is 37.9 Å². The van der Waals surface area contributed by atoms with Crippen molar-refractivity contribution in [2.75, 3.05) is 32.4 Å². The monoisotopic (exact) mass is 459 g/mol. The number of aromatic nitrogens is 3. The van der Waals surface area contributed by atoms with Crippen molar-refractivity contribution in [1.82, 2.24) is 23.8 Å². The van der Waals surface area contributed by atoms with Gasteiger partial charge in [0.1, 0.15) is 11.6 Å². The predicted octanol–water partition coefficient (Wildman–Crippen LogP) is 2.26. The van der Waals surface area contributed by atoms with Crippen LogP contribution in [-0.2, 0) is 10.0 Å². The number of hydrogen-bond acceptors (Lipinski definition) is 7. The first-order valence-corrected chi connectivity index (χ1v) is 11.9. The Morgan fingerprint density at radius 3 is 2.55 bits per heavy atom. The van der Waals surface area contributed by atoms with Crippen LogP contribution in [0.15, 0.2) is 18.2 Å². The van der Waals surface area contributed by atoms with Gasteiger partial charge in [0, 0.05) is 26.2 Å². The van der Waals surface area contributed by atoms with E-state index in [1.54, 1.807) is 13.0 Å². The lowest BCUT2D eigenvalue weighted by molar-refractivity contribution is 0.156. The standard InChI is InChI=1S/C17H19ClFN5O3S2/c1-10-20-17-24(21-10)16(25)15(28-17)14(11-3-4-13(19)12(18)9-11)22-5-7-23(8-6-22)29(2,26)27/h3-4,9,14,25H,5-8H2,1-2H3/t14-/m0/s1. The maximum absolute atomic E-state index is 13.7. The quantitative estimate of drug-likeness (QED) is 0.643. The maximum atomic E-state index is 13.7. The minimum Gasteiger partial charge on any atom is -0.492 e. The van der Waals surface area contributed by atoms with Crippen molar-refractivity contribution in [2.45, 2.75) is 13.0 Å². The number of aryl methyl sites for hydroxylation is 1. The van der Waals surface area contributed by atoms with Gasteiger partial charge in [-0.3, -0.25) is 4.90 Å². The molecule has 0 saturated carbocycles. The summed E-state index contributed by atoms with van der Waals surface area (Å²) in [4.78, 5) is 7.49. The van der Waals surface area contributed by atoms with Gasteiger partial charge in [-0.25, -0.2) is 17.8 Å². The van der Waals surface area contributed by atoms with E-state index in [4.69, 9.17) is 11.6 Å². The van der Waals surface area contributed by atoms with Gasteiger partial charge in [-0.1, -0.05) is 29.0 Å². The minimum atomic E-state index is -3.28. The molecule has 0 unspecified atom stereocenters. The predicted molar refractivity (Wildman–Crippen MR) is 109 cm³/mol. The Kier molecular flexibility index (Phi) is 5.28. The van der Waals surface area contributed by atoms with Crippen LogP contribution in [0.1, 0.15) is 22.3 Å². The van der Waals surface area contributed by atoms with E-state index < -0.39 is 21.9 Å². The summed E-state index contributed by atoms with van der Waals surface area (Å²) >= 11 is 7.30. The summed E-state index contributed by atoms with van der Waals surface area (Å²) in [6.45, 7) is 3.27. The zero-order valence-corrected chi connectivity index (χ0v) is 18.1. The molecule has 0 amide bonds. The van der Waals surface area contributed by atoms with Gasteiger partial charge in [-0.05, 0) is 24.6 Å². The Balaban J connectivity index is 1.76. The molecule has 1 fully saturated rings. The second-order valence-corrected chi connectivity index (χ2v) is 10.3. The zero-order valence-electron chi connectivity index (χ0n) is 15.7. The molecule has 0 spiro atoms. The average molecular weight is 460 g/mol. The molecule has 1 atom stereocenters. The largest absolute Gasteiger partial charge is 0.492 e. The van der Waals surface area contributed by atoms with Gasteiger partial charge in [-0.15, -0.1) is 5.10 Å². The fraction of sp³-hybridized carbons (Fsp3) is 0.412. The number of hydrogen-bond donors (Lipinski definition) is 1. The van der Waals surface area contributed by atoms with Crippen molar-refractivity contribution < 1.29 is 17.9 Å². The van der Waals surface area contributed by atoms with Gasteiger partial charge in [0.15, 0.2) is 0 Å². The summed E-state index contributed by atoms with van der Waals surface area (Å²) in [5.41, 5.74) is 0.695. The smallest absolute Gasteiger partial charge is 0.230 e. The Bertz CT molecular complexity index is 1170. The molecule has 0 radical (unpaired) electrons. The SMILES string of the molecule is Cc1nc2sc([C@H](c3ccc(F)c(Cl)c3)N3CCN(S(C)(=O)=O)CC3)c(O)n2n1. The van der Waals surface area contributed by atoms with Gasteiger partial charge >= 0.3 is 0 Å². The third kappa shape index (κ3) is 3.84. The third-order valence-electron chi connectivity index (χ3n) is 4.92. The number of halogens is 2. The van der Waals surface area contributed by atoms with Crippen LogP contribution in [0.25, 0.3) is 4.96 Å². The van der Waals surface area contributed by atoms with E-state index in [1.165, 1.54) is 38.5 Å². The van der Waals surface area contributed by atoms with E-state index in [2.05, 4.69) is 10.1 Å². The van der Waals surface area contributed by atoms with E-state index in [0.717, 1.165) is 0 Å². The second kappa shape index (κ2) is 7.47. The molecular formula is C17H19ClFN5O3S2. The van der Waals surface area contributed by atoms with Crippen LogP contribution in [-0.4, -0.2) is 69.8 Å². The fourth-order valence-electron chi connectivity index (χ4n) is 3.53. The highest BCUT2D eigenvalue weighted by molar-refractivity contribution is 7.88. The van der Waals surface area contributed by atoms with Crippen molar-refractivity contribution in [2.24, 2.45) is 0 Å². The van der Waals surface area contributed by atoms with Gasteiger partial charge in [0.05, 0.1) is 22.2 Å². The van der Waals surface area contributed by atoms with Gasteiger partial charge < -0.3 is 5.11 Å². The van der Waals surface area contributed by atoms with Gasteiger partial charge in [-0.2, -0.15) is 8.82 Å². The molecule has 1 saturated heterocycles. The molecular weight excluding hydrogens is 441 g/mol. The Morgan fingerprint density at radius 2 is 1.97 bits per heavy atom. The fourth-order valence-corrected chi connectivity index (χ4v) is 5.71.